The van der Waals surface area contributed by atoms with E-state index in [9.17, 15) is 13.6 Å². The van der Waals surface area contributed by atoms with E-state index in [-0.39, 0.29) is 17.4 Å². The highest BCUT2D eigenvalue weighted by Gasteiger charge is 2.13. The van der Waals surface area contributed by atoms with E-state index in [1.54, 1.807) is 19.1 Å². The molecule has 2 aromatic carbocycles. The van der Waals surface area contributed by atoms with Crippen molar-refractivity contribution in [1.82, 2.24) is 0 Å². The number of amides is 1. The number of rotatable bonds is 4. The maximum atomic E-state index is 13.9. The summed E-state index contributed by atoms with van der Waals surface area (Å²) in [6.45, 7) is 1.76. The Bertz CT molecular complexity index is 691. The molecular weight excluding hydrogens is 342 g/mol. The Balaban J connectivity index is 2.25. The van der Waals surface area contributed by atoms with Gasteiger partial charge in [-0.25, -0.2) is 8.78 Å². The Morgan fingerprint density at radius 3 is 2.52 bits per heavy atom. The first-order valence-corrected chi connectivity index (χ1v) is 6.98. The van der Waals surface area contributed by atoms with E-state index >= 15 is 0 Å². The Morgan fingerprint density at radius 1 is 1.19 bits per heavy atom. The molecule has 0 bridgehead atoms. The average Bonchev–Trinajstić information content (AvgIpc) is 2.40. The van der Waals surface area contributed by atoms with Gasteiger partial charge in [0.2, 0.25) is 0 Å². The third-order valence-electron chi connectivity index (χ3n) is 3.04. The molecule has 0 saturated carbocycles. The number of halogens is 3. The zero-order valence-corrected chi connectivity index (χ0v) is 12.7. The Morgan fingerprint density at radius 2 is 1.90 bits per heavy atom. The lowest BCUT2D eigenvalue weighted by atomic mass is 10.1. The molecule has 1 atom stereocenters. The van der Waals surface area contributed by atoms with Crippen LogP contribution in [0.5, 0.6) is 0 Å². The van der Waals surface area contributed by atoms with Gasteiger partial charge in [0.05, 0.1) is 11.6 Å². The van der Waals surface area contributed by atoms with Crippen LogP contribution in [0.25, 0.3) is 0 Å². The van der Waals surface area contributed by atoms with E-state index in [4.69, 9.17) is 5.73 Å². The van der Waals surface area contributed by atoms with Crippen LogP contribution < -0.4 is 11.1 Å². The molecule has 2 aromatic rings. The van der Waals surface area contributed by atoms with Crippen molar-refractivity contribution in [2.75, 3.05) is 5.32 Å². The van der Waals surface area contributed by atoms with E-state index in [2.05, 4.69) is 21.2 Å². The summed E-state index contributed by atoms with van der Waals surface area (Å²) in [6.07, 6.45) is 0. The molecule has 0 aliphatic carbocycles. The molecular formula is C15H13BrF2N2O. The number of primary amides is 1. The van der Waals surface area contributed by atoms with Crippen LogP contribution in [-0.4, -0.2) is 5.91 Å². The minimum atomic E-state index is -0.848. The van der Waals surface area contributed by atoms with Gasteiger partial charge >= 0.3 is 0 Å². The van der Waals surface area contributed by atoms with Crippen LogP contribution in [0.4, 0.5) is 14.5 Å². The van der Waals surface area contributed by atoms with Crippen molar-refractivity contribution in [3.05, 3.63) is 63.6 Å². The number of carbonyl (C=O) groups is 1. The van der Waals surface area contributed by atoms with E-state index in [0.29, 0.717) is 15.7 Å². The highest BCUT2D eigenvalue weighted by molar-refractivity contribution is 9.10. The molecule has 21 heavy (non-hydrogen) atoms. The Hall–Kier alpha value is -1.95. The summed E-state index contributed by atoms with van der Waals surface area (Å²) in [5, 5.41) is 3.01. The van der Waals surface area contributed by atoms with Crippen molar-refractivity contribution in [3.8, 4) is 0 Å². The van der Waals surface area contributed by atoms with Gasteiger partial charge in [0.25, 0.3) is 5.91 Å². The van der Waals surface area contributed by atoms with Gasteiger partial charge in [0.15, 0.2) is 0 Å². The lowest BCUT2D eigenvalue weighted by Crippen LogP contribution is -2.14. The predicted octanol–water partition coefficient (Wildman–Crippen LogP) is 4.00. The summed E-state index contributed by atoms with van der Waals surface area (Å²) in [5.74, 6) is -1.89. The fourth-order valence-corrected chi connectivity index (χ4v) is 2.32. The second kappa shape index (κ2) is 6.22. The summed E-state index contributed by atoms with van der Waals surface area (Å²) in [5.41, 5.74) is 5.84. The van der Waals surface area contributed by atoms with E-state index in [1.807, 2.05) is 0 Å². The molecule has 1 unspecified atom stereocenters. The minimum Gasteiger partial charge on any atom is -0.378 e. The second-order valence-electron chi connectivity index (χ2n) is 4.59. The van der Waals surface area contributed by atoms with Crippen LogP contribution in [-0.2, 0) is 0 Å². The summed E-state index contributed by atoms with van der Waals surface area (Å²) < 4.78 is 27.9. The molecule has 0 spiro atoms. The van der Waals surface area contributed by atoms with Crippen molar-refractivity contribution in [2.45, 2.75) is 13.0 Å². The highest BCUT2D eigenvalue weighted by Crippen LogP contribution is 2.25. The normalized spacial score (nSPS) is 12.0. The summed E-state index contributed by atoms with van der Waals surface area (Å²) in [6, 6.07) is 8.32. The van der Waals surface area contributed by atoms with E-state index in [1.165, 1.54) is 18.2 Å². The van der Waals surface area contributed by atoms with Gasteiger partial charge in [-0.2, -0.15) is 0 Å². The van der Waals surface area contributed by atoms with Crippen LogP contribution in [0.2, 0.25) is 0 Å². The molecule has 2 rings (SSSR count). The molecule has 0 aliphatic heterocycles. The first-order chi connectivity index (χ1) is 9.88. The maximum absolute atomic E-state index is 13.9. The van der Waals surface area contributed by atoms with Gasteiger partial charge < -0.3 is 11.1 Å². The predicted molar refractivity (Wildman–Crippen MR) is 81.1 cm³/mol. The topological polar surface area (TPSA) is 55.1 Å². The average molecular weight is 355 g/mol. The molecule has 3 nitrogen and oxygen atoms in total. The van der Waals surface area contributed by atoms with Crippen molar-refractivity contribution in [2.24, 2.45) is 5.73 Å². The van der Waals surface area contributed by atoms with Crippen LogP contribution in [0, 0.1) is 11.6 Å². The zero-order chi connectivity index (χ0) is 15.6. The van der Waals surface area contributed by atoms with Crippen LogP contribution in [0.1, 0.15) is 28.9 Å². The first-order valence-electron chi connectivity index (χ1n) is 6.19. The Labute approximate surface area is 129 Å². The van der Waals surface area contributed by atoms with Gasteiger partial charge in [-0.15, -0.1) is 0 Å². The quantitative estimate of drug-likeness (QED) is 0.871. The smallest absolute Gasteiger partial charge is 0.251 e. The molecule has 110 valence electrons. The standard InChI is InChI=1S/C15H13BrF2N2O/c1-8(11-4-2-9(16)6-14(11)18)20-10-3-5-13(17)12(7-10)15(19)21/h2-8,20H,1H3,(H2,19,21). The lowest BCUT2D eigenvalue weighted by Gasteiger charge is -2.17. The number of hydrogen-bond donors (Lipinski definition) is 2. The van der Waals surface area contributed by atoms with Gasteiger partial charge in [-0.3, -0.25) is 4.79 Å². The van der Waals surface area contributed by atoms with Crippen molar-refractivity contribution in [1.29, 1.82) is 0 Å². The molecule has 6 heteroatoms. The first kappa shape index (κ1) is 15.4. The van der Waals surface area contributed by atoms with Crippen LogP contribution in [0.3, 0.4) is 0 Å². The lowest BCUT2D eigenvalue weighted by molar-refractivity contribution is 0.0996. The molecule has 0 fully saturated rings. The molecule has 0 radical (unpaired) electrons. The van der Waals surface area contributed by atoms with Gasteiger partial charge in [-0.05, 0) is 37.3 Å². The number of nitrogens with one attached hydrogen (secondary N) is 1. The monoisotopic (exact) mass is 354 g/mol. The van der Waals surface area contributed by atoms with E-state index < -0.39 is 11.7 Å². The third-order valence-corrected chi connectivity index (χ3v) is 3.54. The van der Waals surface area contributed by atoms with Crippen molar-refractivity contribution in [3.63, 3.8) is 0 Å². The Kier molecular flexibility index (Phi) is 4.57. The number of benzene rings is 2. The third kappa shape index (κ3) is 3.58. The molecule has 0 aliphatic rings. The number of nitrogens with two attached hydrogens (primary N) is 1. The summed E-state index contributed by atoms with van der Waals surface area (Å²) in [7, 11) is 0. The van der Waals surface area contributed by atoms with E-state index in [0.717, 1.165) is 6.07 Å². The van der Waals surface area contributed by atoms with Crippen molar-refractivity contribution < 1.29 is 13.6 Å². The summed E-state index contributed by atoms with van der Waals surface area (Å²) >= 11 is 3.19. The number of anilines is 1. The fourth-order valence-electron chi connectivity index (χ4n) is 1.98. The largest absolute Gasteiger partial charge is 0.378 e. The van der Waals surface area contributed by atoms with Crippen LogP contribution in [0.15, 0.2) is 40.9 Å². The molecule has 0 saturated heterocycles. The highest BCUT2D eigenvalue weighted by atomic mass is 79.9. The van der Waals surface area contributed by atoms with Crippen molar-refractivity contribution >= 4 is 27.5 Å². The second-order valence-corrected chi connectivity index (χ2v) is 5.51. The molecule has 1 amide bonds. The minimum absolute atomic E-state index is 0.205. The maximum Gasteiger partial charge on any atom is 0.251 e. The van der Waals surface area contributed by atoms with Crippen LogP contribution >= 0.6 is 15.9 Å². The molecule has 3 N–H and O–H groups in total. The molecule has 0 aromatic heterocycles. The molecule has 0 heterocycles. The zero-order valence-electron chi connectivity index (χ0n) is 11.2. The van der Waals surface area contributed by atoms with Gasteiger partial charge in [0, 0.05) is 15.7 Å². The van der Waals surface area contributed by atoms with Gasteiger partial charge in [0.1, 0.15) is 11.6 Å². The number of hydrogen-bond acceptors (Lipinski definition) is 2. The summed E-state index contributed by atoms with van der Waals surface area (Å²) in [4.78, 5) is 11.1. The SMILES string of the molecule is CC(Nc1ccc(F)c(C(N)=O)c1)c1ccc(Br)cc1F. The number of carbonyl (C=O) groups excluding carboxylic acids is 1. The van der Waals surface area contributed by atoms with Gasteiger partial charge in [-0.1, -0.05) is 22.0 Å². The fraction of sp³-hybridized carbons (Fsp3) is 0.133.